The van der Waals surface area contributed by atoms with Crippen molar-refractivity contribution in [2.24, 2.45) is 13.0 Å². The van der Waals surface area contributed by atoms with Crippen molar-refractivity contribution < 1.29 is 4.74 Å². The Morgan fingerprint density at radius 2 is 2.31 bits per heavy atom. The SMILES string of the molecule is Cc1nn(C)c(C)c1NCC1CCCOC1. The van der Waals surface area contributed by atoms with E-state index < -0.39 is 0 Å². The molecule has 4 nitrogen and oxygen atoms in total. The highest BCUT2D eigenvalue weighted by Crippen LogP contribution is 2.20. The highest BCUT2D eigenvalue weighted by molar-refractivity contribution is 5.51. The fourth-order valence-electron chi connectivity index (χ4n) is 2.24. The van der Waals surface area contributed by atoms with Crippen molar-refractivity contribution in [3.63, 3.8) is 0 Å². The first-order valence-corrected chi connectivity index (χ1v) is 6.00. The van der Waals surface area contributed by atoms with E-state index in [0.717, 1.165) is 25.5 Å². The molecule has 1 atom stereocenters. The predicted molar refractivity (Wildman–Crippen MR) is 64.7 cm³/mol. The molecule has 1 fully saturated rings. The molecule has 0 radical (unpaired) electrons. The van der Waals surface area contributed by atoms with Crippen LogP contribution in [-0.4, -0.2) is 29.5 Å². The fourth-order valence-corrected chi connectivity index (χ4v) is 2.24. The van der Waals surface area contributed by atoms with E-state index in [1.54, 1.807) is 0 Å². The molecule has 1 aromatic heterocycles. The largest absolute Gasteiger partial charge is 0.382 e. The van der Waals surface area contributed by atoms with Crippen LogP contribution in [0.2, 0.25) is 0 Å². The summed E-state index contributed by atoms with van der Waals surface area (Å²) in [5.74, 6) is 0.646. The Hall–Kier alpha value is -1.03. The molecule has 0 aromatic carbocycles. The monoisotopic (exact) mass is 223 g/mol. The summed E-state index contributed by atoms with van der Waals surface area (Å²) < 4.78 is 7.40. The van der Waals surface area contributed by atoms with Crippen molar-refractivity contribution in [1.82, 2.24) is 9.78 Å². The molecule has 1 N–H and O–H groups in total. The van der Waals surface area contributed by atoms with Crippen molar-refractivity contribution in [3.8, 4) is 0 Å². The second-order valence-electron chi connectivity index (χ2n) is 4.63. The van der Waals surface area contributed by atoms with Gasteiger partial charge in [0.1, 0.15) is 0 Å². The van der Waals surface area contributed by atoms with E-state index in [-0.39, 0.29) is 0 Å². The van der Waals surface area contributed by atoms with Gasteiger partial charge in [-0.05, 0) is 32.6 Å². The molecule has 0 amide bonds. The van der Waals surface area contributed by atoms with Crippen LogP contribution in [0.4, 0.5) is 5.69 Å². The third-order valence-corrected chi connectivity index (χ3v) is 3.33. The smallest absolute Gasteiger partial charge is 0.0827 e. The lowest BCUT2D eigenvalue weighted by atomic mass is 10.0. The molecule has 0 aliphatic carbocycles. The summed E-state index contributed by atoms with van der Waals surface area (Å²) in [6.45, 7) is 6.96. The first kappa shape index (κ1) is 11.5. The Bertz CT molecular complexity index is 353. The zero-order valence-electron chi connectivity index (χ0n) is 10.4. The molecule has 1 unspecified atom stereocenters. The number of nitrogens with zero attached hydrogens (tertiary/aromatic N) is 2. The van der Waals surface area contributed by atoms with Crippen LogP contribution in [0.15, 0.2) is 0 Å². The summed E-state index contributed by atoms with van der Waals surface area (Å²) >= 11 is 0. The normalized spacial score (nSPS) is 21.1. The summed E-state index contributed by atoms with van der Waals surface area (Å²) in [4.78, 5) is 0. The van der Waals surface area contributed by atoms with Gasteiger partial charge in [0.05, 0.1) is 23.7 Å². The Kier molecular flexibility index (Phi) is 3.49. The molecule has 0 bridgehead atoms. The van der Waals surface area contributed by atoms with Crippen LogP contribution < -0.4 is 5.32 Å². The zero-order valence-corrected chi connectivity index (χ0v) is 10.4. The van der Waals surface area contributed by atoms with Crippen molar-refractivity contribution in [2.45, 2.75) is 26.7 Å². The molecule has 1 aromatic rings. The first-order valence-electron chi connectivity index (χ1n) is 6.00. The highest BCUT2D eigenvalue weighted by Gasteiger charge is 2.15. The van der Waals surface area contributed by atoms with Gasteiger partial charge < -0.3 is 10.1 Å². The van der Waals surface area contributed by atoms with Crippen molar-refractivity contribution in [1.29, 1.82) is 0 Å². The predicted octanol–water partition coefficient (Wildman–Crippen LogP) is 1.88. The summed E-state index contributed by atoms with van der Waals surface area (Å²) in [6.07, 6.45) is 2.46. The minimum atomic E-state index is 0.646. The topological polar surface area (TPSA) is 39.1 Å². The molecule has 2 rings (SSSR count). The molecular weight excluding hydrogens is 202 g/mol. The molecule has 1 aliphatic rings. The van der Waals surface area contributed by atoms with Crippen LogP contribution >= 0.6 is 0 Å². The van der Waals surface area contributed by atoms with Gasteiger partial charge in [0.25, 0.3) is 0 Å². The van der Waals surface area contributed by atoms with Crippen LogP contribution in [0.1, 0.15) is 24.2 Å². The average molecular weight is 223 g/mol. The standard InChI is InChI=1S/C12H21N3O/c1-9-12(10(2)15(3)14-9)13-7-11-5-4-6-16-8-11/h11,13H,4-8H2,1-3H3. The zero-order chi connectivity index (χ0) is 11.5. The lowest BCUT2D eigenvalue weighted by molar-refractivity contribution is 0.0595. The maximum absolute atomic E-state index is 5.48. The van der Waals surface area contributed by atoms with E-state index in [1.165, 1.54) is 24.2 Å². The number of aryl methyl sites for hydroxylation is 2. The third-order valence-electron chi connectivity index (χ3n) is 3.33. The van der Waals surface area contributed by atoms with E-state index in [0.29, 0.717) is 5.92 Å². The molecule has 0 saturated carbocycles. The average Bonchev–Trinajstić information content (AvgIpc) is 2.53. The molecule has 4 heteroatoms. The van der Waals surface area contributed by atoms with Gasteiger partial charge in [-0.15, -0.1) is 0 Å². The van der Waals surface area contributed by atoms with Gasteiger partial charge in [-0.2, -0.15) is 5.10 Å². The summed E-state index contributed by atoms with van der Waals surface area (Å²) in [6, 6.07) is 0. The third kappa shape index (κ3) is 2.38. The van der Waals surface area contributed by atoms with Gasteiger partial charge in [0.2, 0.25) is 0 Å². The van der Waals surface area contributed by atoms with Crippen LogP contribution in [0.25, 0.3) is 0 Å². The maximum atomic E-state index is 5.48. The van der Waals surface area contributed by atoms with E-state index >= 15 is 0 Å². The van der Waals surface area contributed by atoms with Crippen LogP contribution in [0.3, 0.4) is 0 Å². The van der Waals surface area contributed by atoms with Crippen molar-refractivity contribution in [3.05, 3.63) is 11.4 Å². The highest BCUT2D eigenvalue weighted by atomic mass is 16.5. The van der Waals surface area contributed by atoms with Gasteiger partial charge >= 0.3 is 0 Å². The summed E-state index contributed by atoms with van der Waals surface area (Å²) in [7, 11) is 1.98. The lowest BCUT2D eigenvalue weighted by Gasteiger charge is -2.22. The molecule has 90 valence electrons. The Labute approximate surface area is 97.0 Å². The molecule has 0 spiro atoms. The van der Waals surface area contributed by atoms with Gasteiger partial charge in [-0.1, -0.05) is 0 Å². The minimum absolute atomic E-state index is 0.646. The van der Waals surface area contributed by atoms with Crippen LogP contribution in [0.5, 0.6) is 0 Å². The molecule has 1 saturated heterocycles. The number of hydrogen-bond acceptors (Lipinski definition) is 3. The summed E-state index contributed by atoms with van der Waals surface area (Å²) in [5, 5.41) is 7.91. The Morgan fingerprint density at radius 1 is 1.50 bits per heavy atom. The van der Waals surface area contributed by atoms with Gasteiger partial charge in [-0.3, -0.25) is 4.68 Å². The van der Waals surface area contributed by atoms with E-state index in [9.17, 15) is 0 Å². The number of aromatic nitrogens is 2. The van der Waals surface area contributed by atoms with Gasteiger partial charge in [0, 0.05) is 20.2 Å². The van der Waals surface area contributed by atoms with E-state index in [4.69, 9.17) is 4.74 Å². The number of hydrogen-bond donors (Lipinski definition) is 1. The van der Waals surface area contributed by atoms with Gasteiger partial charge in [-0.25, -0.2) is 0 Å². The van der Waals surface area contributed by atoms with Gasteiger partial charge in [0.15, 0.2) is 0 Å². The van der Waals surface area contributed by atoms with Crippen molar-refractivity contribution in [2.75, 3.05) is 25.1 Å². The second-order valence-corrected chi connectivity index (χ2v) is 4.63. The number of rotatable bonds is 3. The second kappa shape index (κ2) is 4.87. The quantitative estimate of drug-likeness (QED) is 0.850. The fraction of sp³-hybridized carbons (Fsp3) is 0.750. The Morgan fingerprint density at radius 3 is 2.88 bits per heavy atom. The van der Waals surface area contributed by atoms with Crippen molar-refractivity contribution >= 4 is 5.69 Å². The van der Waals surface area contributed by atoms with E-state index in [1.807, 2.05) is 18.7 Å². The number of anilines is 1. The Balaban J connectivity index is 1.93. The maximum Gasteiger partial charge on any atom is 0.0827 e. The van der Waals surface area contributed by atoms with Crippen LogP contribution in [-0.2, 0) is 11.8 Å². The van der Waals surface area contributed by atoms with E-state index in [2.05, 4.69) is 17.3 Å². The first-order chi connectivity index (χ1) is 7.68. The molecule has 16 heavy (non-hydrogen) atoms. The van der Waals surface area contributed by atoms with Crippen LogP contribution in [0, 0.1) is 19.8 Å². The minimum Gasteiger partial charge on any atom is -0.382 e. The molecular formula is C12H21N3O. The lowest BCUT2D eigenvalue weighted by Crippen LogP contribution is -2.24. The number of nitrogens with one attached hydrogen (secondary N) is 1. The molecule has 1 aliphatic heterocycles. The number of ether oxygens (including phenoxy) is 1. The summed E-state index contributed by atoms with van der Waals surface area (Å²) in [5.41, 5.74) is 3.47. The molecule has 2 heterocycles.